The summed E-state index contributed by atoms with van der Waals surface area (Å²) < 4.78 is 0. The summed E-state index contributed by atoms with van der Waals surface area (Å²) in [7, 11) is 0. The molecule has 0 amide bonds. The number of hydrogen-bond donors (Lipinski definition) is 2. The Hall–Kier alpha value is -0.730. The van der Waals surface area contributed by atoms with Crippen molar-refractivity contribution >= 4 is 5.96 Å². The van der Waals surface area contributed by atoms with Gasteiger partial charge in [-0.1, -0.05) is 13.8 Å². The molecule has 0 atom stereocenters. The molecule has 3 nitrogen and oxygen atoms in total. The van der Waals surface area contributed by atoms with Crippen LogP contribution in [0.15, 0.2) is 4.99 Å². The van der Waals surface area contributed by atoms with Crippen molar-refractivity contribution in [2.24, 2.45) is 16.3 Å². The zero-order valence-corrected chi connectivity index (χ0v) is 10.6. The van der Waals surface area contributed by atoms with Gasteiger partial charge < -0.3 is 10.6 Å². The van der Waals surface area contributed by atoms with Crippen molar-refractivity contribution in [3.63, 3.8) is 0 Å². The van der Waals surface area contributed by atoms with E-state index in [4.69, 9.17) is 0 Å². The first-order valence-electron chi connectivity index (χ1n) is 6.17. The largest absolute Gasteiger partial charge is 0.357 e. The molecule has 0 unspecified atom stereocenters. The number of nitrogens with one attached hydrogen (secondary N) is 2. The lowest BCUT2D eigenvalue weighted by Crippen LogP contribution is -2.37. The molecule has 0 radical (unpaired) electrons. The summed E-state index contributed by atoms with van der Waals surface area (Å²) in [4.78, 5) is 4.65. The number of aliphatic imine (C=N–C) groups is 1. The minimum absolute atomic E-state index is 0.510. The highest BCUT2D eigenvalue weighted by Crippen LogP contribution is 2.51. The Morgan fingerprint density at radius 3 is 2.07 bits per heavy atom. The van der Waals surface area contributed by atoms with Gasteiger partial charge in [0, 0.05) is 19.6 Å². The average molecular weight is 211 g/mol. The van der Waals surface area contributed by atoms with Crippen molar-refractivity contribution in [3.05, 3.63) is 0 Å². The van der Waals surface area contributed by atoms with Gasteiger partial charge in [-0.25, -0.2) is 0 Å². The second kappa shape index (κ2) is 5.38. The minimum Gasteiger partial charge on any atom is -0.357 e. The third-order valence-electron chi connectivity index (χ3n) is 3.36. The summed E-state index contributed by atoms with van der Waals surface area (Å²) in [6.45, 7) is 11.6. The van der Waals surface area contributed by atoms with Gasteiger partial charge in [-0.05, 0) is 38.0 Å². The van der Waals surface area contributed by atoms with E-state index < -0.39 is 0 Å². The van der Waals surface area contributed by atoms with Crippen molar-refractivity contribution < 1.29 is 0 Å². The second-order valence-electron chi connectivity index (χ2n) is 4.74. The number of rotatable bonds is 5. The van der Waals surface area contributed by atoms with Crippen LogP contribution in [0.4, 0.5) is 0 Å². The van der Waals surface area contributed by atoms with E-state index in [2.05, 4.69) is 43.3 Å². The molecule has 1 aliphatic carbocycles. The third kappa shape index (κ3) is 3.40. The summed E-state index contributed by atoms with van der Waals surface area (Å²) in [6.07, 6.45) is 2.69. The van der Waals surface area contributed by atoms with Crippen LogP contribution >= 0.6 is 0 Å². The lowest BCUT2D eigenvalue weighted by Gasteiger charge is -2.18. The molecule has 0 spiro atoms. The van der Waals surface area contributed by atoms with Crippen LogP contribution in [0.5, 0.6) is 0 Å². The van der Waals surface area contributed by atoms with Gasteiger partial charge in [0.15, 0.2) is 5.96 Å². The number of guanidine groups is 1. The maximum atomic E-state index is 4.65. The standard InChI is InChI=1S/C12H25N3/c1-5-13-11(14-6-2)15-9-12(7-8-12)10(3)4/h10H,5-9H2,1-4H3,(H2,13,14,15). The maximum absolute atomic E-state index is 4.65. The zero-order chi connectivity index (χ0) is 11.3. The average Bonchev–Trinajstić information content (AvgIpc) is 2.96. The Morgan fingerprint density at radius 1 is 1.20 bits per heavy atom. The van der Waals surface area contributed by atoms with Crippen LogP contribution in [0.3, 0.4) is 0 Å². The molecule has 0 aromatic carbocycles. The topological polar surface area (TPSA) is 36.4 Å². The SMILES string of the molecule is CCNC(=NCC1(C(C)C)CC1)NCC. The van der Waals surface area contributed by atoms with Crippen molar-refractivity contribution in [3.8, 4) is 0 Å². The lowest BCUT2D eigenvalue weighted by molar-refractivity contribution is 0.370. The summed E-state index contributed by atoms with van der Waals surface area (Å²) in [5.74, 6) is 1.72. The van der Waals surface area contributed by atoms with Crippen molar-refractivity contribution in [1.82, 2.24) is 10.6 Å². The first kappa shape index (κ1) is 12.3. The molecular weight excluding hydrogens is 186 g/mol. The minimum atomic E-state index is 0.510. The van der Waals surface area contributed by atoms with Crippen LogP contribution in [-0.2, 0) is 0 Å². The molecule has 0 aromatic rings. The molecule has 0 heterocycles. The van der Waals surface area contributed by atoms with Crippen LogP contribution in [0.1, 0.15) is 40.5 Å². The van der Waals surface area contributed by atoms with E-state index in [1.54, 1.807) is 0 Å². The predicted octanol–water partition coefficient (Wildman–Crippen LogP) is 2.00. The van der Waals surface area contributed by atoms with Gasteiger partial charge in [0.2, 0.25) is 0 Å². The molecule has 1 fully saturated rings. The monoisotopic (exact) mass is 211 g/mol. The molecule has 0 aliphatic heterocycles. The third-order valence-corrected chi connectivity index (χ3v) is 3.36. The van der Waals surface area contributed by atoms with Crippen LogP contribution in [-0.4, -0.2) is 25.6 Å². The fourth-order valence-corrected chi connectivity index (χ4v) is 1.82. The van der Waals surface area contributed by atoms with E-state index in [-0.39, 0.29) is 0 Å². The van der Waals surface area contributed by atoms with Gasteiger partial charge in [0.25, 0.3) is 0 Å². The highest BCUT2D eigenvalue weighted by molar-refractivity contribution is 5.79. The van der Waals surface area contributed by atoms with Gasteiger partial charge >= 0.3 is 0 Å². The molecule has 0 bridgehead atoms. The molecule has 3 heteroatoms. The van der Waals surface area contributed by atoms with Crippen LogP contribution < -0.4 is 10.6 Å². The van der Waals surface area contributed by atoms with E-state index in [9.17, 15) is 0 Å². The molecule has 1 aliphatic rings. The second-order valence-corrected chi connectivity index (χ2v) is 4.74. The fraction of sp³-hybridized carbons (Fsp3) is 0.917. The molecule has 0 saturated heterocycles. The number of hydrogen-bond acceptors (Lipinski definition) is 1. The predicted molar refractivity (Wildman–Crippen MR) is 66.2 cm³/mol. The van der Waals surface area contributed by atoms with Crippen LogP contribution in [0, 0.1) is 11.3 Å². The van der Waals surface area contributed by atoms with E-state index in [0.29, 0.717) is 5.41 Å². The Labute approximate surface area is 93.7 Å². The van der Waals surface area contributed by atoms with E-state index in [1.807, 2.05) is 0 Å². The quantitative estimate of drug-likeness (QED) is 0.539. The van der Waals surface area contributed by atoms with Gasteiger partial charge in [-0.3, -0.25) is 4.99 Å². The highest BCUT2D eigenvalue weighted by Gasteiger charge is 2.45. The summed E-state index contributed by atoms with van der Waals surface area (Å²) in [6, 6.07) is 0. The smallest absolute Gasteiger partial charge is 0.191 e. The van der Waals surface area contributed by atoms with Gasteiger partial charge in [-0.2, -0.15) is 0 Å². The highest BCUT2D eigenvalue weighted by atomic mass is 15.2. The fourth-order valence-electron chi connectivity index (χ4n) is 1.82. The van der Waals surface area contributed by atoms with E-state index in [0.717, 1.165) is 31.5 Å². The molecule has 2 N–H and O–H groups in total. The summed E-state index contributed by atoms with van der Waals surface area (Å²) >= 11 is 0. The van der Waals surface area contributed by atoms with Gasteiger partial charge in [0.1, 0.15) is 0 Å². The Bertz CT molecular complexity index is 209. The zero-order valence-electron chi connectivity index (χ0n) is 10.6. The van der Waals surface area contributed by atoms with Gasteiger partial charge in [-0.15, -0.1) is 0 Å². The van der Waals surface area contributed by atoms with Crippen molar-refractivity contribution in [2.45, 2.75) is 40.5 Å². The Balaban J connectivity index is 2.45. The molecule has 1 rings (SSSR count). The van der Waals surface area contributed by atoms with Gasteiger partial charge in [0.05, 0.1) is 0 Å². The summed E-state index contributed by atoms with van der Waals surface area (Å²) in [5.41, 5.74) is 0.510. The molecule has 0 aromatic heterocycles. The Kier molecular flexibility index (Phi) is 4.43. The maximum Gasteiger partial charge on any atom is 0.191 e. The Morgan fingerprint density at radius 2 is 1.73 bits per heavy atom. The van der Waals surface area contributed by atoms with Crippen molar-refractivity contribution in [1.29, 1.82) is 0 Å². The first-order chi connectivity index (χ1) is 7.14. The normalized spacial score (nSPS) is 17.4. The van der Waals surface area contributed by atoms with E-state index in [1.165, 1.54) is 12.8 Å². The lowest BCUT2D eigenvalue weighted by atomic mass is 9.93. The summed E-state index contributed by atoms with van der Waals surface area (Å²) in [5, 5.41) is 6.52. The molecule has 15 heavy (non-hydrogen) atoms. The number of nitrogens with zero attached hydrogens (tertiary/aromatic N) is 1. The first-order valence-corrected chi connectivity index (χ1v) is 6.17. The molecular formula is C12H25N3. The van der Waals surface area contributed by atoms with E-state index >= 15 is 0 Å². The van der Waals surface area contributed by atoms with Crippen LogP contribution in [0.2, 0.25) is 0 Å². The molecule has 1 saturated carbocycles. The van der Waals surface area contributed by atoms with Crippen LogP contribution in [0.25, 0.3) is 0 Å². The molecule has 88 valence electrons. The van der Waals surface area contributed by atoms with Crippen molar-refractivity contribution in [2.75, 3.05) is 19.6 Å².